The zero-order valence-corrected chi connectivity index (χ0v) is 12.5. The molecule has 2 N–H and O–H groups in total. The van der Waals surface area contributed by atoms with E-state index < -0.39 is 12.0 Å². The van der Waals surface area contributed by atoms with E-state index in [1.54, 1.807) is 11.3 Å². The number of hydrogen-bond donors (Lipinski definition) is 2. The summed E-state index contributed by atoms with van der Waals surface area (Å²) in [7, 11) is 0. The van der Waals surface area contributed by atoms with Crippen molar-refractivity contribution in [3.63, 3.8) is 0 Å². The minimum atomic E-state index is -0.958. The molecule has 3 rings (SSSR count). The van der Waals surface area contributed by atoms with Crippen LogP contribution in [0, 0.1) is 0 Å². The third-order valence-electron chi connectivity index (χ3n) is 3.72. The van der Waals surface area contributed by atoms with Gasteiger partial charge in [-0.2, -0.15) is 11.8 Å². The number of carboxylic acid groups (broad SMARTS) is 1. The molecular formula is C13H16N2O3S2. The molecule has 20 heavy (non-hydrogen) atoms. The van der Waals surface area contributed by atoms with Gasteiger partial charge in [0.2, 0.25) is 0 Å². The number of fused-ring (bicyclic) bond motifs is 1. The molecule has 1 fully saturated rings. The lowest BCUT2D eigenvalue weighted by Gasteiger charge is -2.33. The molecule has 5 nitrogen and oxygen atoms in total. The fourth-order valence-corrected chi connectivity index (χ4v) is 4.76. The predicted molar refractivity (Wildman–Crippen MR) is 79.4 cm³/mol. The largest absolute Gasteiger partial charge is 0.479 e. The fourth-order valence-electron chi connectivity index (χ4n) is 2.71. The number of urea groups is 1. The number of nitrogens with one attached hydrogen (secondary N) is 1. The van der Waals surface area contributed by atoms with Crippen LogP contribution in [0.25, 0.3) is 0 Å². The molecule has 2 aliphatic heterocycles. The van der Waals surface area contributed by atoms with Crippen LogP contribution >= 0.6 is 23.1 Å². The zero-order valence-electron chi connectivity index (χ0n) is 10.9. The highest BCUT2D eigenvalue weighted by Gasteiger charge is 2.37. The smallest absolute Gasteiger partial charge is 0.331 e. The van der Waals surface area contributed by atoms with Crippen molar-refractivity contribution in [2.45, 2.75) is 24.9 Å². The Kier molecular flexibility index (Phi) is 3.89. The molecule has 0 aromatic carbocycles. The molecule has 7 heteroatoms. The molecule has 3 heterocycles. The molecule has 1 aromatic heterocycles. The molecule has 2 atom stereocenters. The number of hydrogen-bond acceptors (Lipinski definition) is 4. The minimum absolute atomic E-state index is 0.172. The summed E-state index contributed by atoms with van der Waals surface area (Å²) in [4.78, 5) is 26.4. The van der Waals surface area contributed by atoms with E-state index in [-0.39, 0.29) is 12.1 Å². The lowest BCUT2D eigenvalue weighted by molar-refractivity contribution is -0.142. The van der Waals surface area contributed by atoms with Gasteiger partial charge in [0, 0.05) is 23.2 Å². The number of carboxylic acids is 1. The van der Waals surface area contributed by atoms with Crippen LogP contribution in [-0.2, 0) is 11.2 Å². The van der Waals surface area contributed by atoms with Crippen molar-refractivity contribution in [2.24, 2.45) is 0 Å². The summed E-state index contributed by atoms with van der Waals surface area (Å²) in [5.41, 5.74) is 0.768. The van der Waals surface area contributed by atoms with Gasteiger partial charge in [0.1, 0.15) is 0 Å². The van der Waals surface area contributed by atoms with E-state index in [9.17, 15) is 14.7 Å². The number of thioether (sulfide) groups is 1. The lowest BCUT2D eigenvalue weighted by atomic mass is 10.0. The Labute approximate surface area is 125 Å². The number of carbonyl (C=O) groups is 2. The molecule has 0 aliphatic carbocycles. The highest BCUT2D eigenvalue weighted by atomic mass is 32.2. The molecule has 0 bridgehead atoms. The summed E-state index contributed by atoms with van der Waals surface area (Å²) in [6.45, 7) is 0.468. The van der Waals surface area contributed by atoms with Gasteiger partial charge in [-0.15, -0.1) is 11.3 Å². The molecule has 2 aliphatic rings. The maximum Gasteiger partial charge on any atom is 0.331 e. The summed E-state index contributed by atoms with van der Waals surface area (Å²) in [5.74, 6) is 1.02. The molecule has 1 aromatic rings. The maximum atomic E-state index is 12.3. The third-order valence-corrected chi connectivity index (χ3v) is 5.88. The van der Waals surface area contributed by atoms with Crippen LogP contribution in [0.1, 0.15) is 22.9 Å². The molecule has 0 saturated carbocycles. The van der Waals surface area contributed by atoms with Crippen molar-refractivity contribution in [1.29, 1.82) is 0 Å². The van der Waals surface area contributed by atoms with Crippen molar-refractivity contribution in [3.8, 4) is 0 Å². The molecule has 108 valence electrons. The van der Waals surface area contributed by atoms with E-state index >= 15 is 0 Å². The van der Waals surface area contributed by atoms with E-state index in [1.807, 2.05) is 23.2 Å². The van der Waals surface area contributed by atoms with Gasteiger partial charge in [-0.3, -0.25) is 0 Å². The van der Waals surface area contributed by atoms with Gasteiger partial charge in [-0.05, 0) is 35.6 Å². The molecule has 1 saturated heterocycles. The molecule has 2 unspecified atom stereocenters. The number of nitrogens with zero attached hydrogens (tertiary/aromatic N) is 1. The second-order valence-corrected chi connectivity index (χ2v) is 7.14. The Bertz CT molecular complexity index is 525. The number of rotatable bonds is 2. The second-order valence-electron chi connectivity index (χ2n) is 4.99. The SMILES string of the molecule is O=C(O)C1c2ccsc2CCN1C(=O)NC1CCSC1. The van der Waals surface area contributed by atoms with Gasteiger partial charge < -0.3 is 15.3 Å². The van der Waals surface area contributed by atoms with Gasteiger partial charge in [-0.1, -0.05) is 0 Å². The van der Waals surface area contributed by atoms with Gasteiger partial charge in [-0.25, -0.2) is 9.59 Å². The average Bonchev–Trinajstić information content (AvgIpc) is 3.06. The van der Waals surface area contributed by atoms with Gasteiger partial charge in [0.05, 0.1) is 0 Å². The average molecular weight is 312 g/mol. The van der Waals surface area contributed by atoms with Crippen LogP contribution in [0.3, 0.4) is 0 Å². The maximum absolute atomic E-state index is 12.3. The summed E-state index contributed by atoms with van der Waals surface area (Å²) in [5, 5.41) is 14.3. The van der Waals surface area contributed by atoms with Crippen molar-refractivity contribution >= 4 is 35.1 Å². The van der Waals surface area contributed by atoms with Crippen LogP contribution in [0.2, 0.25) is 0 Å². The number of aliphatic carboxylic acids is 1. The zero-order chi connectivity index (χ0) is 14.1. The Morgan fingerprint density at radius 2 is 2.30 bits per heavy atom. The number of amides is 2. The molecular weight excluding hydrogens is 296 g/mol. The van der Waals surface area contributed by atoms with E-state index in [1.165, 1.54) is 4.90 Å². The van der Waals surface area contributed by atoms with Gasteiger partial charge in [0.15, 0.2) is 6.04 Å². The van der Waals surface area contributed by atoms with Gasteiger partial charge in [0.25, 0.3) is 0 Å². The third kappa shape index (κ3) is 2.52. The van der Waals surface area contributed by atoms with E-state index in [2.05, 4.69) is 5.32 Å². The summed E-state index contributed by atoms with van der Waals surface area (Å²) in [6, 6.07) is 0.899. The first-order valence-corrected chi connectivity index (χ1v) is 8.64. The minimum Gasteiger partial charge on any atom is -0.479 e. The standard InChI is InChI=1S/C13H16N2O3S2/c16-12(17)11-9-3-6-20-10(9)1-4-15(11)13(18)14-8-2-5-19-7-8/h3,6,8,11H,1-2,4-5,7H2,(H,14,18)(H,16,17). The predicted octanol–water partition coefficient (Wildman–Crippen LogP) is 1.95. The van der Waals surface area contributed by atoms with Crippen LogP contribution in [0.15, 0.2) is 11.4 Å². The Hall–Kier alpha value is -1.21. The lowest BCUT2D eigenvalue weighted by Crippen LogP contribution is -2.50. The van der Waals surface area contributed by atoms with Crippen molar-refractivity contribution in [2.75, 3.05) is 18.1 Å². The highest BCUT2D eigenvalue weighted by molar-refractivity contribution is 7.99. The van der Waals surface area contributed by atoms with E-state index in [0.29, 0.717) is 6.54 Å². The van der Waals surface area contributed by atoms with Crippen molar-refractivity contribution in [3.05, 3.63) is 21.9 Å². The quantitative estimate of drug-likeness (QED) is 0.876. The second kappa shape index (κ2) is 5.65. The first-order chi connectivity index (χ1) is 9.66. The monoisotopic (exact) mass is 312 g/mol. The number of thiophene rings is 1. The first-order valence-electron chi connectivity index (χ1n) is 6.61. The van der Waals surface area contributed by atoms with Crippen molar-refractivity contribution in [1.82, 2.24) is 10.2 Å². The Morgan fingerprint density at radius 1 is 1.45 bits per heavy atom. The molecule has 0 spiro atoms. The summed E-state index contributed by atoms with van der Waals surface area (Å²) >= 11 is 3.39. The number of carbonyl (C=O) groups excluding carboxylic acids is 1. The first kappa shape index (κ1) is 13.8. The topological polar surface area (TPSA) is 69.6 Å². The van der Waals surface area contributed by atoms with E-state index in [4.69, 9.17) is 0 Å². The van der Waals surface area contributed by atoms with Crippen LogP contribution < -0.4 is 5.32 Å². The van der Waals surface area contributed by atoms with Crippen molar-refractivity contribution < 1.29 is 14.7 Å². The van der Waals surface area contributed by atoms with E-state index in [0.717, 1.165) is 34.8 Å². The summed E-state index contributed by atoms with van der Waals surface area (Å²) in [6.07, 6.45) is 1.70. The van der Waals surface area contributed by atoms with Crippen LogP contribution in [0.4, 0.5) is 4.79 Å². The summed E-state index contributed by atoms with van der Waals surface area (Å²) < 4.78 is 0. The van der Waals surface area contributed by atoms with Gasteiger partial charge >= 0.3 is 12.0 Å². The Balaban J connectivity index is 1.78. The molecule has 2 amide bonds. The normalized spacial score (nSPS) is 25.3. The highest BCUT2D eigenvalue weighted by Crippen LogP contribution is 2.33. The Morgan fingerprint density at radius 3 is 3.00 bits per heavy atom. The molecule has 0 radical (unpaired) electrons. The van der Waals surface area contributed by atoms with Crippen LogP contribution in [0.5, 0.6) is 0 Å². The fraction of sp³-hybridized carbons (Fsp3) is 0.538. The van der Waals surface area contributed by atoms with Crippen LogP contribution in [-0.4, -0.2) is 46.1 Å².